The fraction of sp³-hybridized carbons (Fsp3) is 0.700. The van der Waals surface area contributed by atoms with Crippen LogP contribution in [0.4, 0.5) is 0 Å². The van der Waals surface area contributed by atoms with E-state index in [-0.39, 0.29) is 11.5 Å². The van der Waals surface area contributed by atoms with Crippen LogP contribution < -0.4 is 10.9 Å². The molecule has 1 amide bonds. The van der Waals surface area contributed by atoms with Gasteiger partial charge in [-0.1, -0.05) is 11.6 Å². The Morgan fingerprint density at radius 3 is 2.86 bits per heavy atom. The zero-order valence-electron chi connectivity index (χ0n) is 17.2. The number of likely N-dealkylation sites (tertiary alicyclic amines) is 1. The first-order valence-corrected chi connectivity index (χ1v) is 10.3. The molecule has 1 saturated heterocycles. The number of rotatable bonds is 8. The lowest BCUT2D eigenvalue weighted by atomic mass is 10.0. The number of carbonyl (C=O) groups is 1. The molecule has 0 aliphatic carbocycles. The second kappa shape index (κ2) is 9.32. The van der Waals surface area contributed by atoms with Crippen LogP contribution in [0, 0.1) is 13.8 Å². The largest absolute Gasteiger partial charge is 0.360 e. The van der Waals surface area contributed by atoms with E-state index >= 15 is 0 Å². The Morgan fingerprint density at radius 1 is 1.25 bits per heavy atom. The summed E-state index contributed by atoms with van der Waals surface area (Å²) >= 11 is 0. The van der Waals surface area contributed by atoms with Crippen molar-refractivity contribution in [3.05, 3.63) is 21.8 Å². The van der Waals surface area contributed by atoms with Crippen molar-refractivity contribution in [1.29, 1.82) is 0 Å². The van der Waals surface area contributed by atoms with Crippen LogP contribution in [0.25, 0.3) is 10.9 Å². The molecule has 1 N–H and O–H groups in total. The van der Waals surface area contributed by atoms with Gasteiger partial charge in [-0.15, -0.1) is 0 Å². The zero-order chi connectivity index (χ0) is 20.1. The van der Waals surface area contributed by atoms with Gasteiger partial charge in [0.25, 0.3) is 5.56 Å². The monoisotopic (exact) mass is 389 g/mol. The number of nitrogens with one attached hydrogen (secondary N) is 1. The Morgan fingerprint density at radius 2 is 2.07 bits per heavy atom. The minimum atomic E-state index is -0.270. The third-order valence-corrected chi connectivity index (χ3v) is 5.59. The maximum absolute atomic E-state index is 12.4. The maximum atomic E-state index is 12.4. The number of amides is 1. The fourth-order valence-corrected chi connectivity index (χ4v) is 3.97. The summed E-state index contributed by atoms with van der Waals surface area (Å²) in [7, 11) is 0. The first-order chi connectivity index (χ1) is 13.5. The molecular formula is C20H31N5O3. The summed E-state index contributed by atoms with van der Waals surface area (Å²) in [6, 6.07) is 0.657. The summed E-state index contributed by atoms with van der Waals surface area (Å²) in [4.78, 5) is 27.0. The summed E-state index contributed by atoms with van der Waals surface area (Å²) < 4.78 is 6.49. The van der Waals surface area contributed by atoms with Crippen LogP contribution in [0.1, 0.15) is 56.9 Å². The molecule has 2 aromatic rings. The van der Waals surface area contributed by atoms with Gasteiger partial charge in [-0.3, -0.25) is 9.59 Å². The minimum absolute atomic E-state index is 0.0230. The standard InChI is InChI=1S/C20H31N5O3/c1-14-8-4-5-11-24(14)12-7-10-21-17(26)9-6-13-25-20(27)19-18(15(2)22-25)16(3)28-23-19/h14H,4-13H2,1-3H3,(H,21,26)/t14-/m1/s1. The van der Waals surface area contributed by atoms with Crippen LogP contribution in [0.2, 0.25) is 0 Å². The Hall–Kier alpha value is -2.22. The first-order valence-electron chi connectivity index (χ1n) is 10.3. The van der Waals surface area contributed by atoms with Gasteiger partial charge in [0, 0.05) is 32.1 Å². The van der Waals surface area contributed by atoms with Gasteiger partial charge in [0.2, 0.25) is 5.91 Å². The molecule has 8 heteroatoms. The highest BCUT2D eigenvalue weighted by Crippen LogP contribution is 2.17. The molecule has 0 saturated carbocycles. The summed E-state index contributed by atoms with van der Waals surface area (Å²) in [6.45, 7) is 9.18. The molecule has 1 atom stereocenters. The van der Waals surface area contributed by atoms with Crippen molar-refractivity contribution in [2.45, 2.75) is 71.9 Å². The number of aryl methyl sites for hydroxylation is 3. The minimum Gasteiger partial charge on any atom is -0.360 e. The van der Waals surface area contributed by atoms with Crippen LogP contribution in [-0.2, 0) is 11.3 Å². The van der Waals surface area contributed by atoms with E-state index in [1.807, 2.05) is 6.92 Å². The maximum Gasteiger partial charge on any atom is 0.296 e. The SMILES string of the molecule is Cc1nn(CCCC(=O)NCCCN2CCCC[C@H]2C)c(=O)c2noc(C)c12. The summed E-state index contributed by atoms with van der Waals surface area (Å²) in [5, 5.41) is 11.8. The Balaban J connectivity index is 1.40. The molecule has 28 heavy (non-hydrogen) atoms. The lowest BCUT2D eigenvalue weighted by molar-refractivity contribution is -0.121. The van der Waals surface area contributed by atoms with Gasteiger partial charge < -0.3 is 14.7 Å². The summed E-state index contributed by atoms with van der Waals surface area (Å²) in [5.41, 5.74) is 0.750. The molecule has 154 valence electrons. The van der Waals surface area contributed by atoms with Crippen LogP contribution in [0.5, 0.6) is 0 Å². The number of piperidine rings is 1. The van der Waals surface area contributed by atoms with E-state index in [9.17, 15) is 9.59 Å². The highest BCUT2D eigenvalue weighted by Gasteiger charge is 2.17. The van der Waals surface area contributed by atoms with Crippen LogP contribution in [0.3, 0.4) is 0 Å². The predicted molar refractivity (Wildman–Crippen MR) is 107 cm³/mol. The van der Waals surface area contributed by atoms with E-state index in [1.54, 1.807) is 6.92 Å². The van der Waals surface area contributed by atoms with Crippen molar-refractivity contribution >= 4 is 16.8 Å². The molecule has 8 nitrogen and oxygen atoms in total. The van der Waals surface area contributed by atoms with E-state index in [0.29, 0.717) is 54.3 Å². The molecule has 1 aliphatic heterocycles. The second-order valence-electron chi connectivity index (χ2n) is 7.76. The normalized spacial score (nSPS) is 17.9. The summed E-state index contributed by atoms with van der Waals surface area (Å²) in [6.07, 6.45) is 5.79. The van der Waals surface area contributed by atoms with Gasteiger partial charge in [0.05, 0.1) is 11.1 Å². The van der Waals surface area contributed by atoms with Crippen molar-refractivity contribution in [3.63, 3.8) is 0 Å². The van der Waals surface area contributed by atoms with E-state index < -0.39 is 0 Å². The number of fused-ring (bicyclic) bond motifs is 1. The molecule has 0 spiro atoms. The van der Waals surface area contributed by atoms with Gasteiger partial charge in [-0.2, -0.15) is 5.10 Å². The van der Waals surface area contributed by atoms with Gasteiger partial charge in [-0.05, 0) is 53.0 Å². The van der Waals surface area contributed by atoms with Gasteiger partial charge in [-0.25, -0.2) is 4.68 Å². The van der Waals surface area contributed by atoms with E-state index in [4.69, 9.17) is 4.52 Å². The highest BCUT2D eigenvalue weighted by molar-refractivity contribution is 5.81. The molecule has 2 aromatic heterocycles. The molecular weight excluding hydrogens is 358 g/mol. The summed E-state index contributed by atoms with van der Waals surface area (Å²) in [5.74, 6) is 0.623. The average Bonchev–Trinajstić information content (AvgIpc) is 3.06. The van der Waals surface area contributed by atoms with Gasteiger partial charge >= 0.3 is 0 Å². The van der Waals surface area contributed by atoms with Crippen LogP contribution >= 0.6 is 0 Å². The van der Waals surface area contributed by atoms with E-state index in [0.717, 1.165) is 13.0 Å². The molecule has 1 aliphatic rings. The molecule has 3 rings (SSSR count). The van der Waals surface area contributed by atoms with Crippen molar-refractivity contribution in [2.24, 2.45) is 0 Å². The van der Waals surface area contributed by atoms with Crippen molar-refractivity contribution in [2.75, 3.05) is 19.6 Å². The molecule has 1 fully saturated rings. The predicted octanol–water partition coefficient (Wildman–Crippen LogP) is 2.16. The third-order valence-electron chi connectivity index (χ3n) is 5.59. The average molecular weight is 390 g/mol. The van der Waals surface area contributed by atoms with Crippen molar-refractivity contribution in [3.8, 4) is 0 Å². The van der Waals surface area contributed by atoms with E-state index in [2.05, 4.69) is 27.4 Å². The smallest absolute Gasteiger partial charge is 0.296 e. The van der Waals surface area contributed by atoms with Gasteiger partial charge in [0.1, 0.15) is 5.76 Å². The number of nitrogens with zero attached hydrogens (tertiary/aromatic N) is 4. The van der Waals surface area contributed by atoms with Gasteiger partial charge in [0.15, 0.2) is 5.52 Å². The molecule has 0 bridgehead atoms. The Kier molecular flexibility index (Phi) is 6.83. The molecule has 0 aromatic carbocycles. The lowest BCUT2D eigenvalue weighted by Crippen LogP contribution is -2.39. The molecule has 0 unspecified atom stereocenters. The second-order valence-corrected chi connectivity index (χ2v) is 7.76. The van der Waals surface area contributed by atoms with Crippen molar-refractivity contribution in [1.82, 2.24) is 25.2 Å². The third kappa shape index (κ3) is 4.79. The topological polar surface area (TPSA) is 93.3 Å². The number of aromatic nitrogens is 3. The van der Waals surface area contributed by atoms with E-state index in [1.165, 1.54) is 30.5 Å². The number of hydrogen-bond acceptors (Lipinski definition) is 6. The lowest BCUT2D eigenvalue weighted by Gasteiger charge is -2.33. The van der Waals surface area contributed by atoms with Crippen LogP contribution in [-0.4, -0.2) is 51.4 Å². The molecule has 0 radical (unpaired) electrons. The van der Waals surface area contributed by atoms with Crippen LogP contribution in [0.15, 0.2) is 9.32 Å². The quantitative estimate of drug-likeness (QED) is 0.696. The first kappa shape index (κ1) is 20.5. The molecule has 3 heterocycles. The zero-order valence-corrected chi connectivity index (χ0v) is 17.2. The number of carbonyl (C=O) groups excluding carboxylic acids is 1. The fourth-order valence-electron chi connectivity index (χ4n) is 3.97. The Bertz CT molecular complexity index is 873. The highest BCUT2D eigenvalue weighted by atomic mass is 16.5. The van der Waals surface area contributed by atoms with Crippen molar-refractivity contribution < 1.29 is 9.32 Å². The number of hydrogen-bond donors (Lipinski definition) is 1. The Labute approximate surface area is 165 Å².